The number of oxazole rings is 1. The van der Waals surface area contributed by atoms with Crippen LogP contribution < -0.4 is 4.74 Å². The van der Waals surface area contributed by atoms with Gasteiger partial charge in [0, 0.05) is 45.8 Å². The van der Waals surface area contributed by atoms with Crippen LogP contribution in [-0.2, 0) is 27.4 Å². The van der Waals surface area contributed by atoms with E-state index >= 15 is 0 Å². The van der Waals surface area contributed by atoms with Gasteiger partial charge in [-0.05, 0) is 37.5 Å². The van der Waals surface area contributed by atoms with Gasteiger partial charge in [0.05, 0.1) is 39.4 Å². The summed E-state index contributed by atoms with van der Waals surface area (Å²) in [6.45, 7) is 9.50. The Labute approximate surface area is 218 Å². The number of piperidine rings is 1. The number of ether oxygens (including phenoxy) is 3. The van der Waals surface area contributed by atoms with E-state index in [1.54, 1.807) is 18.9 Å². The summed E-state index contributed by atoms with van der Waals surface area (Å²) in [5.41, 5.74) is 1.44. The van der Waals surface area contributed by atoms with Gasteiger partial charge in [-0.25, -0.2) is 4.98 Å². The highest BCUT2D eigenvalue weighted by atomic mass is 16.5. The molecule has 2 aromatic rings. The van der Waals surface area contributed by atoms with Gasteiger partial charge in [-0.15, -0.1) is 0 Å². The summed E-state index contributed by atoms with van der Waals surface area (Å²) in [6, 6.07) is 8.03. The Morgan fingerprint density at radius 3 is 2.65 bits per heavy atom. The van der Waals surface area contributed by atoms with E-state index in [4.69, 9.17) is 18.6 Å². The number of amides is 1. The molecule has 2 fully saturated rings. The van der Waals surface area contributed by atoms with Crippen molar-refractivity contribution in [3.63, 3.8) is 0 Å². The molecule has 2 aliphatic rings. The lowest BCUT2D eigenvalue weighted by molar-refractivity contribution is -0.149. The highest BCUT2D eigenvalue weighted by Gasteiger charge is 2.30. The fraction of sp³-hybridized carbons (Fsp3) is 0.593. The molecule has 37 heavy (non-hydrogen) atoms. The maximum atomic E-state index is 13.0. The molecule has 10 heteroatoms. The topological polar surface area (TPSA) is 97.6 Å². The molecule has 1 amide bonds. The number of morpholine rings is 1. The molecule has 4 rings (SSSR count). The number of rotatable bonds is 11. The first kappa shape index (κ1) is 27.1. The van der Waals surface area contributed by atoms with Gasteiger partial charge in [0.15, 0.2) is 5.69 Å². The molecule has 0 aliphatic carbocycles. The Hall–Kier alpha value is -2.95. The largest absolute Gasteiger partial charge is 0.497 e. The average Bonchev–Trinajstić information content (AvgIpc) is 3.40. The first-order chi connectivity index (χ1) is 18.1. The number of aromatic nitrogens is 1. The molecule has 3 heterocycles. The third-order valence-electron chi connectivity index (χ3n) is 6.91. The van der Waals surface area contributed by atoms with Crippen LogP contribution in [0.15, 0.2) is 34.9 Å². The van der Waals surface area contributed by atoms with Crippen LogP contribution in [0.25, 0.3) is 0 Å². The number of methoxy groups -OCH3 is 1. The summed E-state index contributed by atoms with van der Waals surface area (Å²) >= 11 is 0. The highest BCUT2D eigenvalue weighted by molar-refractivity contribution is 5.92. The lowest BCUT2D eigenvalue weighted by Crippen LogP contribution is -2.41. The Morgan fingerprint density at radius 1 is 1.14 bits per heavy atom. The van der Waals surface area contributed by atoms with Crippen LogP contribution in [0.4, 0.5) is 0 Å². The molecule has 2 saturated heterocycles. The van der Waals surface area contributed by atoms with Crippen LogP contribution in [0, 0.1) is 5.92 Å². The highest BCUT2D eigenvalue weighted by Crippen LogP contribution is 2.21. The van der Waals surface area contributed by atoms with E-state index in [0.717, 1.165) is 50.7 Å². The SMILES string of the molecule is CCOC(=O)C1CCN(C(=O)c2coc(CN(CCN3CCOCC3)Cc3cccc(OC)c3)n2)CC1. The maximum absolute atomic E-state index is 13.0. The predicted molar refractivity (Wildman–Crippen MR) is 136 cm³/mol. The van der Waals surface area contributed by atoms with Crippen LogP contribution >= 0.6 is 0 Å². The third kappa shape index (κ3) is 7.77. The summed E-state index contributed by atoms with van der Waals surface area (Å²) in [5.74, 6) is 0.848. The molecule has 0 bridgehead atoms. The Balaban J connectivity index is 1.36. The molecule has 0 N–H and O–H groups in total. The lowest BCUT2D eigenvalue weighted by atomic mass is 9.97. The van der Waals surface area contributed by atoms with Crippen molar-refractivity contribution in [2.75, 3.05) is 66.2 Å². The zero-order valence-corrected chi connectivity index (χ0v) is 21.9. The molecule has 1 aromatic carbocycles. The number of benzene rings is 1. The number of hydrogen-bond donors (Lipinski definition) is 0. The quantitative estimate of drug-likeness (QED) is 0.419. The third-order valence-corrected chi connectivity index (χ3v) is 6.91. The van der Waals surface area contributed by atoms with Gasteiger partial charge >= 0.3 is 5.97 Å². The lowest BCUT2D eigenvalue weighted by Gasteiger charge is -2.30. The fourth-order valence-electron chi connectivity index (χ4n) is 4.76. The smallest absolute Gasteiger partial charge is 0.309 e. The maximum Gasteiger partial charge on any atom is 0.309 e. The zero-order valence-electron chi connectivity index (χ0n) is 21.9. The summed E-state index contributed by atoms with van der Waals surface area (Å²) < 4.78 is 21.7. The summed E-state index contributed by atoms with van der Waals surface area (Å²) in [6.07, 6.45) is 2.65. The Morgan fingerprint density at radius 2 is 1.92 bits per heavy atom. The molecular formula is C27H38N4O6. The van der Waals surface area contributed by atoms with Gasteiger partial charge in [-0.2, -0.15) is 0 Å². The summed E-state index contributed by atoms with van der Waals surface area (Å²) in [4.78, 5) is 36.0. The predicted octanol–water partition coefficient (Wildman–Crippen LogP) is 2.43. The van der Waals surface area contributed by atoms with Crippen LogP contribution in [-0.4, -0.2) is 97.8 Å². The Kier molecular flexibility index (Phi) is 9.92. The number of carbonyl (C=O) groups excluding carboxylic acids is 2. The molecular weight excluding hydrogens is 476 g/mol. The molecule has 10 nitrogen and oxygen atoms in total. The standard InChI is InChI=1S/C27H38N4O6/c1-3-36-27(33)22-7-9-31(10-8-22)26(32)24-20-37-25(28-24)19-30(12-11-29-13-15-35-16-14-29)18-21-5-4-6-23(17-21)34-2/h4-6,17,20,22H,3,7-16,18-19H2,1-2H3. The normalized spacial score (nSPS) is 17.2. The number of hydrogen-bond acceptors (Lipinski definition) is 9. The second kappa shape index (κ2) is 13.6. The van der Waals surface area contributed by atoms with Gasteiger partial charge in [0.1, 0.15) is 12.0 Å². The van der Waals surface area contributed by atoms with Crippen LogP contribution in [0.1, 0.15) is 41.7 Å². The van der Waals surface area contributed by atoms with E-state index in [1.165, 1.54) is 6.26 Å². The molecule has 2 aliphatic heterocycles. The average molecular weight is 515 g/mol. The van der Waals surface area contributed by atoms with Crippen LogP contribution in [0.5, 0.6) is 5.75 Å². The van der Waals surface area contributed by atoms with Crippen molar-refractivity contribution in [2.45, 2.75) is 32.9 Å². The summed E-state index contributed by atoms with van der Waals surface area (Å²) in [5, 5.41) is 0. The number of nitrogens with zero attached hydrogens (tertiary/aromatic N) is 4. The van der Waals surface area contributed by atoms with Crippen molar-refractivity contribution in [3.05, 3.63) is 47.7 Å². The number of carbonyl (C=O) groups is 2. The van der Waals surface area contributed by atoms with Crippen molar-refractivity contribution in [3.8, 4) is 5.75 Å². The first-order valence-corrected chi connectivity index (χ1v) is 13.1. The van der Waals surface area contributed by atoms with Crippen molar-refractivity contribution in [1.82, 2.24) is 19.7 Å². The van der Waals surface area contributed by atoms with E-state index in [-0.39, 0.29) is 17.8 Å². The van der Waals surface area contributed by atoms with E-state index in [1.807, 2.05) is 18.2 Å². The molecule has 202 valence electrons. The summed E-state index contributed by atoms with van der Waals surface area (Å²) in [7, 11) is 1.67. The van der Waals surface area contributed by atoms with Gasteiger partial charge in [-0.1, -0.05) is 12.1 Å². The minimum absolute atomic E-state index is 0.145. The zero-order chi connectivity index (χ0) is 26.0. The molecule has 0 saturated carbocycles. The van der Waals surface area contributed by atoms with Crippen molar-refractivity contribution < 1.29 is 28.2 Å². The fourth-order valence-corrected chi connectivity index (χ4v) is 4.76. The van der Waals surface area contributed by atoms with Crippen LogP contribution in [0.2, 0.25) is 0 Å². The van der Waals surface area contributed by atoms with E-state index in [0.29, 0.717) is 57.2 Å². The molecule has 0 atom stereocenters. The molecule has 1 aromatic heterocycles. The second-order valence-electron chi connectivity index (χ2n) is 9.46. The van der Waals surface area contributed by atoms with Gasteiger partial charge in [-0.3, -0.25) is 19.4 Å². The van der Waals surface area contributed by atoms with E-state index in [2.05, 4.69) is 20.9 Å². The van der Waals surface area contributed by atoms with Gasteiger partial charge in [0.2, 0.25) is 5.89 Å². The minimum Gasteiger partial charge on any atom is -0.497 e. The monoisotopic (exact) mass is 514 g/mol. The van der Waals surface area contributed by atoms with Crippen molar-refractivity contribution >= 4 is 11.9 Å². The van der Waals surface area contributed by atoms with Gasteiger partial charge < -0.3 is 23.5 Å². The molecule has 0 radical (unpaired) electrons. The van der Waals surface area contributed by atoms with E-state index < -0.39 is 0 Å². The van der Waals surface area contributed by atoms with E-state index in [9.17, 15) is 9.59 Å². The second-order valence-corrected chi connectivity index (χ2v) is 9.46. The van der Waals surface area contributed by atoms with Crippen molar-refractivity contribution in [1.29, 1.82) is 0 Å². The number of likely N-dealkylation sites (tertiary alicyclic amines) is 1. The van der Waals surface area contributed by atoms with Crippen LogP contribution in [0.3, 0.4) is 0 Å². The molecule has 0 unspecified atom stereocenters. The minimum atomic E-state index is -0.175. The van der Waals surface area contributed by atoms with Gasteiger partial charge in [0.25, 0.3) is 5.91 Å². The Bertz CT molecular complexity index is 1010. The number of esters is 1. The first-order valence-electron chi connectivity index (χ1n) is 13.1. The van der Waals surface area contributed by atoms with Crippen molar-refractivity contribution in [2.24, 2.45) is 5.92 Å². The molecule has 0 spiro atoms.